The summed E-state index contributed by atoms with van der Waals surface area (Å²) in [7, 11) is 0. The lowest BCUT2D eigenvalue weighted by atomic mass is 10.5. The second-order valence-electron chi connectivity index (χ2n) is 3.46. The molecule has 2 heterocycles. The lowest BCUT2D eigenvalue weighted by Crippen LogP contribution is -1.91. The van der Waals surface area contributed by atoms with Gasteiger partial charge in [0.15, 0.2) is 0 Å². The van der Waals surface area contributed by atoms with E-state index in [4.69, 9.17) is 0 Å². The molecule has 0 unspecified atom stereocenters. The first-order valence-electron chi connectivity index (χ1n) is 5.55. The Morgan fingerprint density at radius 3 is 1.38 bits per heavy atom. The number of thioether (sulfide) groups is 4. The van der Waals surface area contributed by atoms with Crippen molar-refractivity contribution < 1.29 is 0 Å². The van der Waals surface area contributed by atoms with E-state index < -0.39 is 0 Å². The molecule has 0 radical (unpaired) electrons. The van der Waals surface area contributed by atoms with Crippen molar-refractivity contribution in [3.8, 4) is 0 Å². The molecule has 16 heavy (non-hydrogen) atoms. The molecular weight excluding hydrogens is 272 g/mol. The van der Waals surface area contributed by atoms with Gasteiger partial charge in [-0.3, -0.25) is 0 Å². The first-order chi connectivity index (χ1) is 7.95. The predicted molar refractivity (Wildman–Crippen MR) is 84.4 cm³/mol. The first kappa shape index (κ1) is 13.1. The van der Waals surface area contributed by atoms with Crippen LogP contribution >= 0.6 is 47.0 Å². The summed E-state index contributed by atoms with van der Waals surface area (Å²) < 4.78 is 2.95. The molecule has 2 rings (SSSR count). The minimum absolute atomic E-state index is 1.29. The standard InChI is InChI=1S/C12H16S4/c1(5-11-13-7-3-8-14-11)2-6-12-15-9-4-10-16-12/h1-2,5-6H,3-4,7-10H2/b2-1+. The van der Waals surface area contributed by atoms with E-state index in [1.807, 2.05) is 47.0 Å². The number of allylic oxidation sites excluding steroid dienone is 4. The minimum atomic E-state index is 1.29. The van der Waals surface area contributed by atoms with Gasteiger partial charge in [0, 0.05) is 8.47 Å². The molecule has 0 aromatic rings. The third-order valence-corrected chi connectivity index (χ3v) is 7.20. The Labute approximate surface area is 115 Å². The largest absolute Gasteiger partial charge is 0.119 e. The fraction of sp³-hybridized carbons (Fsp3) is 0.500. The zero-order valence-electron chi connectivity index (χ0n) is 9.19. The zero-order valence-corrected chi connectivity index (χ0v) is 12.5. The van der Waals surface area contributed by atoms with Gasteiger partial charge in [0.05, 0.1) is 0 Å². The van der Waals surface area contributed by atoms with Crippen LogP contribution in [0.3, 0.4) is 0 Å². The molecule has 0 aromatic carbocycles. The summed E-state index contributed by atoms with van der Waals surface area (Å²) in [6.07, 6.45) is 11.6. The van der Waals surface area contributed by atoms with Crippen LogP contribution in [-0.4, -0.2) is 23.0 Å². The molecule has 0 atom stereocenters. The van der Waals surface area contributed by atoms with Gasteiger partial charge in [0.1, 0.15) is 0 Å². The van der Waals surface area contributed by atoms with Crippen LogP contribution in [0.5, 0.6) is 0 Å². The smallest absolute Gasteiger partial charge is 0.0400 e. The van der Waals surface area contributed by atoms with Crippen molar-refractivity contribution in [3.05, 3.63) is 32.8 Å². The molecule has 0 spiro atoms. The fourth-order valence-electron chi connectivity index (χ4n) is 1.35. The lowest BCUT2D eigenvalue weighted by Gasteiger charge is -2.11. The molecule has 0 saturated carbocycles. The summed E-state index contributed by atoms with van der Waals surface area (Å²) >= 11 is 7.96. The topological polar surface area (TPSA) is 0 Å². The second kappa shape index (κ2) is 7.85. The van der Waals surface area contributed by atoms with Gasteiger partial charge < -0.3 is 0 Å². The molecule has 4 heteroatoms. The van der Waals surface area contributed by atoms with Gasteiger partial charge in [-0.25, -0.2) is 0 Å². The van der Waals surface area contributed by atoms with Gasteiger partial charge in [0.2, 0.25) is 0 Å². The van der Waals surface area contributed by atoms with E-state index in [-0.39, 0.29) is 0 Å². The van der Waals surface area contributed by atoms with Crippen LogP contribution in [0.15, 0.2) is 32.8 Å². The third kappa shape index (κ3) is 4.86. The number of hydrogen-bond acceptors (Lipinski definition) is 4. The molecule has 2 aliphatic rings. The molecule has 2 aliphatic heterocycles. The average Bonchev–Trinajstić information content (AvgIpc) is 2.37. The Morgan fingerprint density at radius 1 is 0.625 bits per heavy atom. The molecule has 2 fully saturated rings. The summed E-state index contributed by atoms with van der Waals surface area (Å²) in [6.45, 7) is 0. The fourth-order valence-corrected chi connectivity index (χ4v) is 6.04. The predicted octanol–water partition coefficient (Wildman–Crippen LogP) is 4.97. The maximum Gasteiger partial charge on any atom is 0.0400 e. The maximum atomic E-state index is 2.25. The van der Waals surface area contributed by atoms with Crippen molar-refractivity contribution in [2.45, 2.75) is 12.8 Å². The van der Waals surface area contributed by atoms with Gasteiger partial charge >= 0.3 is 0 Å². The quantitative estimate of drug-likeness (QED) is 0.703. The zero-order chi connectivity index (χ0) is 11.1. The van der Waals surface area contributed by atoms with E-state index in [0.29, 0.717) is 0 Å². The van der Waals surface area contributed by atoms with Crippen LogP contribution in [0.4, 0.5) is 0 Å². The van der Waals surface area contributed by atoms with Crippen molar-refractivity contribution in [2.75, 3.05) is 23.0 Å². The molecule has 0 amide bonds. The Kier molecular flexibility index (Phi) is 6.41. The van der Waals surface area contributed by atoms with Crippen LogP contribution < -0.4 is 0 Å². The van der Waals surface area contributed by atoms with Gasteiger partial charge in [-0.2, -0.15) is 0 Å². The Balaban J connectivity index is 1.79. The van der Waals surface area contributed by atoms with Gasteiger partial charge in [-0.1, -0.05) is 12.2 Å². The van der Waals surface area contributed by atoms with Gasteiger partial charge in [0.25, 0.3) is 0 Å². The highest BCUT2D eigenvalue weighted by molar-refractivity contribution is 8.23. The van der Waals surface area contributed by atoms with Crippen molar-refractivity contribution >= 4 is 47.0 Å². The van der Waals surface area contributed by atoms with E-state index in [0.717, 1.165) is 0 Å². The molecule has 0 aliphatic carbocycles. The summed E-state index contributed by atoms with van der Waals surface area (Å²) in [6, 6.07) is 0. The van der Waals surface area contributed by atoms with Crippen LogP contribution in [0, 0.1) is 0 Å². The average molecular weight is 289 g/mol. The highest BCUT2D eigenvalue weighted by atomic mass is 32.2. The molecular formula is C12H16S4. The van der Waals surface area contributed by atoms with Crippen LogP contribution in [0.2, 0.25) is 0 Å². The Bertz CT molecular complexity index is 258. The summed E-state index contributed by atoms with van der Waals surface area (Å²) in [4.78, 5) is 0. The summed E-state index contributed by atoms with van der Waals surface area (Å²) in [5.74, 6) is 5.16. The molecule has 88 valence electrons. The lowest BCUT2D eigenvalue weighted by molar-refractivity contribution is 1.12. The van der Waals surface area contributed by atoms with Crippen molar-refractivity contribution in [2.24, 2.45) is 0 Å². The highest BCUT2D eigenvalue weighted by Gasteiger charge is 2.05. The van der Waals surface area contributed by atoms with Gasteiger partial charge in [-0.05, 0) is 48.0 Å². The SMILES string of the molecule is C(/C=C/C=C1SCCCS1)=C1SCCCS1. The second-order valence-corrected chi connectivity index (χ2v) is 8.52. The highest BCUT2D eigenvalue weighted by Crippen LogP contribution is 2.35. The molecule has 0 aromatic heterocycles. The first-order valence-corrected chi connectivity index (χ1v) is 9.49. The molecule has 0 N–H and O–H groups in total. The van der Waals surface area contributed by atoms with E-state index in [9.17, 15) is 0 Å². The number of hydrogen-bond donors (Lipinski definition) is 0. The van der Waals surface area contributed by atoms with E-state index >= 15 is 0 Å². The molecule has 0 bridgehead atoms. The van der Waals surface area contributed by atoms with Crippen molar-refractivity contribution in [1.82, 2.24) is 0 Å². The Hall–Kier alpha value is 0.620. The summed E-state index contributed by atoms with van der Waals surface area (Å²) in [5.41, 5.74) is 0. The third-order valence-electron chi connectivity index (χ3n) is 2.13. The summed E-state index contributed by atoms with van der Waals surface area (Å²) in [5, 5.41) is 0. The van der Waals surface area contributed by atoms with Crippen molar-refractivity contribution in [1.29, 1.82) is 0 Å². The normalized spacial score (nSPS) is 22.5. The van der Waals surface area contributed by atoms with E-state index in [1.54, 1.807) is 0 Å². The maximum absolute atomic E-state index is 2.25. The minimum Gasteiger partial charge on any atom is -0.119 e. The molecule has 2 saturated heterocycles. The Morgan fingerprint density at radius 2 is 1.00 bits per heavy atom. The van der Waals surface area contributed by atoms with E-state index in [1.165, 1.54) is 44.3 Å². The van der Waals surface area contributed by atoms with Crippen molar-refractivity contribution in [3.63, 3.8) is 0 Å². The van der Waals surface area contributed by atoms with Crippen LogP contribution in [0.25, 0.3) is 0 Å². The monoisotopic (exact) mass is 288 g/mol. The van der Waals surface area contributed by atoms with Crippen LogP contribution in [-0.2, 0) is 0 Å². The molecule has 0 nitrogen and oxygen atoms in total. The number of rotatable bonds is 2. The van der Waals surface area contributed by atoms with Crippen LogP contribution in [0.1, 0.15) is 12.8 Å². The van der Waals surface area contributed by atoms with Gasteiger partial charge in [-0.15, -0.1) is 47.0 Å². The van der Waals surface area contributed by atoms with E-state index in [2.05, 4.69) is 24.3 Å².